The summed E-state index contributed by atoms with van der Waals surface area (Å²) in [7, 11) is 0. The monoisotopic (exact) mass is 282 g/mol. The molecule has 0 amide bonds. The third-order valence-electron chi connectivity index (χ3n) is 2.57. The normalized spacial score (nSPS) is 12.1. The quantitative estimate of drug-likeness (QED) is 0.664. The van der Waals surface area contributed by atoms with E-state index in [0.29, 0.717) is 0 Å². The van der Waals surface area contributed by atoms with Gasteiger partial charge in [0.05, 0.1) is 4.92 Å². The standard InChI is InChI=1S/C12H11ClN2O2S/c1-8(9-4-5-18-7-9)14-10-2-3-12(15(16)17)11(13)6-10/h2-8,14H,1H3. The maximum Gasteiger partial charge on any atom is 0.288 e. The van der Waals surface area contributed by atoms with E-state index in [9.17, 15) is 10.1 Å². The summed E-state index contributed by atoms with van der Waals surface area (Å²) in [4.78, 5) is 10.2. The first-order valence-electron chi connectivity index (χ1n) is 5.30. The summed E-state index contributed by atoms with van der Waals surface area (Å²) in [6, 6.07) is 6.81. The highest BCUT2D eigenvalue weighted by molar-refractivity contribution is 7.07. The molecule has 1 N–H and O–H groups in total. The number of hydrogen-bond donors (Lipinski definition) is 1. The second-order valence-corrected chi connectivity index (χ2v) is 5.03. The van der Waals surface area contributed by atoms with Gasteiger partial charge in [-0.05, 0) is 41.4 Å². The average Bonchev–Trinajstić information content (AvgIpc) is 2.81. The number of nitrogens with one attached hydrogen (secondary N) is 1. The molecule has 1 aromatic carbocycles. The van der Waals surface area contributed by atoms with E-state index in [1.54, 1.807) is 23.5 Å². The zero-order valence-electron chi connectivity index (χ0n) is 9.59. The van der Waals surface area contributed by atoms with Crippen LogP contribution in [0.2, 0.25) is 5.02 Å². The minimum absolute atomic E-state index is 0.0783. The van der Waals surface area contributed by atoms with Crippen molar-refractivity contribution in [2.24, 2.45) is 0 Å². The van der Waals surface area contributed by atoms with E-state index in [1.807, 2.05) is 18.4 Å². The first kappa shape index (κ1) is 12.9. The topological polar surface area (TPSA) is 55.2 Å². The van der Waals surface area contributed by atoms with E-state index >= 15 is 0 Å². The number of nitro benzene ring substituents is 1. The number of hydrogen-bond acceptors (Lipinski definition) is 4. The highest BCUT2D eigenvalue weighted by Gasteiger charge is 2.13. The summed E-state index contributed by atoms with van der Waals surface area (Å²) in [6.45, 7) is 2.03. The fourth-order valence-corrected chi connectivity index (χ4v) is 2.60. The summed E-state index contributed by atoms with van der Waals surface area (Å²) in [6.07, 6.45) is 0. The fourth-order valence-electron chi connectivity index (χ4n) is 1.60. The Kier molecular flexibility index (Phi) is 3.84. The first-order chi connectivity index (χ1) is 8.58. The van der Waals surface area contributed by atoms with Crippen LogP contribution in [0.5, 0.6) is 0 Å². The molecule has 1 aromatic heterocycles. The van der Waals surface area contributed by atoms with Crippen LogP contribution in [0.4, 0.5) is 11.4 Å². The van der Waals surface area contributed by atoms with Gasteiger partial charge in [-0.1, -0.05) is 11.6 Å². The Hall–Kier alpha value is -1.59. The van der Waals surface area contributed by atoms with Gasteiger partial charge in [-0.3, -0.25) is 10.1 Å². The van der Waals surface area contributed by atoms with Crippen LogP contribution >= 0.6 is 22.9 Å². The Morgan fingerprint density at radius 1 is 1.44 bits per heavy atom. The van der Waals surface area contributed by atoms with Gasteiger partial charge in [-0.2, -0.15) is 11.3 Å². The molecule has 0 aliphatic carbocycles. The van der Waals surface area contributed by atoms with Crippen molar-refractivity contribution in [1.82, 2.24) is 0 Å². The van der Waals surface area contributed by atoms with Gasteiger partial charge >= 0.3 is 0 Å². The van der Waals surface area contributed by atoms with Crippen molar-refractivity contribution in [1.29, 1.82) is 0 Å². The molecule has 2 aromatic rings. The summed E-state index contributed by atoms with van der Waals surface area (Å²) < 4.78 is 0. The largest absolute Gasteiger partial charge is 0.378 e. The number of thiophene rings is 1. The summed E-state index contributed by atoms with van der Waals surface area (Å²) in [5, 5.41) is 18.1. The predicted octanol–water partition coefficient (Wildman–Crippen LogP) is 4.48. The van der Waals surface area contributed by atoms with E-state index in [1.165, 1.54) is 11.6 Å². The molecule has 1 unspecified atom stereocenters. The molecule has 4 nitrogen and oxygen atoms in total. The van der Waals surface area contributed by atoms with Gasteiger partial charge in [0.2, 0.25) is 0 Å². The molecule has 6 heteroatoms. The summed E-state index contributed by atoms with van der Waals surface area (Å²) in [5.74, 6) is 0. The van der Waals surface area contributed by atoms with Crippen LogP contribution in [-0.2, 0) is 0 Å². The minimum atomic E-state index is -0.492. The molecule has 1 atom stereocenters. The first-order valence-corrected chi connectivity index (χ1v) is 6.62. The number of nitrogens with zero attached hydrogens (tertiary/aromatic N) is 1. The Morgan fingerprint density at radius 3 is 2.78 bits per heavy atom. The van der Waals surface area contributed by atoms with Crippen LogP contribution in [0.3, 0.4) is 0 Å². The molecular weight excluding hydrogens is 272 g/mol. The number of anilines is 1. The zero-order valence-corrected chi connectivity index (χ0v) is 11.2. The molecule has 0 aliphatic heterocycles. The molecular formula is C12H11ClN2O2S. The molecule has 2 rings (SSSR count). The molecule has 0 bridgehead atoms. The van der Waals surface area contributed by atoms with Gasteiger partial charge in [0.25, 0.3) is 5.69 Å². The smallest absolute Gasteiger partial charge is 0.288 e. The van der Waals surface area contributed by atoms with Gasteiger partial charge in [-0.25, -0.2) is 0 Å². The SMILES string of the molecule is CC(Nc1ccc([N+](=O)[O-])c(Cl)c1)c1ccsc1. The molecule has 0 spiro atoms. The Labute approximate surface area is 113 Å². The molecule has 0 radical (unpaired) electrons. The lowest BCUT2D eigenvalue weighted by molar-refractivity contribution is -0.384. The average molecular weight is 283 g/mol. The van der Waals surface area contributed by atoms with E-state index < -0.39 is 4.92 Å². The van der Waals surface area contributed by atoms with E-state index in [-0.39, 0.29) is 16.8 Å². The zero-order chi connectivity index (χ0) is 13.1. The van der Waals surface area contributed by atoms with Gasteiger partial charge in [-0.15, -0.1) is 0 Å². The lowest BCUT2D eigenvalue weighted by Gasteiger charge is -2.14. The van der Waals surface area contributed by atoms with Crippen molar-refractivity contribution in [3.05, 3.63) is 55.7 Å². The van der Waals surface area contributed by atoms with E-state index in [2.05, 4.69) is 10.7 Å². The Morgan fingerprint density at radius 2 is 2.22 bits per heavy atom. The molecule has 18 heavy (non-hydrogen) atoms. The second-order valence-electron chi connectivity index (χ2n) is 3.85. The van der Waals surface area contributed by atoms with E-state index in [4.69, 9.17) is 11.6 Å². The minimum Gasteiger partial charge on any atom is -0.378 e. The van der Waals surface area contributed by atoms with Crippen LogP contribution < -0.4 is 5.32 Å². The number of benzene rings is 1. The number of nitro groups is 1. The fraction of sp³-hybridized carbons (Fsp3) is 0.167. The highest BCUT2D eigenvalue weighted by Crippen LogP contribution is 2.29. The Balaban J connectivity index is 2.15. The summed E-state index contributed by atoms with van der Waals surface area (Å²) in [5.41, 5.74) is 1.86. The molecule has 0 saturated carbocycles. The predicted molar refractivity (Wildman–Crippen MR) is 74.5 cm³/mol. The van der Waals surface area contributed by atoms with Crippen molar-refractivity contribution in [2.75, 3.05) is 5.32 Å². The van der Waals surface area contributed by atoms with Crippen molar-refractivity contribution in [3.8, 4) is 0 Å². The number of rotatable bonds is 4. The van der Waals surface area contributed by atoms with Crippen molar-refractivity contribution >= 4 is 34.3 Å². The highest BCUT2D eigenvalue weighted by atomic mass is 35.5. The lowest BCUT2D eigenvalue weighted by atomic mass is 10.1. The molecule has 0 aliphatic rings. The van der Waals surface area contributed by atoms with Gasteiger partial charge < -0.3 is 5.32 Å². The van der Waals surface area contributed by atoms with Gasteiger partial charge in [0, 0.05) is 17.8 Å². The third-order valence-corrected chi connectivity index (χ3v) is 3.57. The van der Waals surface area contributed by atoms with Crippen molar-refractivity contribution < 1.29 is 4.92 Å². The van der Waals surface area contributed by atoms with Gasteiger partial charge in [0.1, 0.15) is 5.02 Å². The van der Waals surface area contributed by atoms with Crippen LogP contribution in [-0.4, -0.2) is 4.92 Å². The Bertz CT molecular complexity index is 557. The molecule has 94 valence electrons. The summed E-state index contributed by atoms with van der Waals surface area (Å²) >= 11 is 7.49. The number of halogens is 1. The van der Waals surface area contributed by atoms with Crippen LogP contribution in [0.1, 0.15) is 18.5 Å². The maximum absolute atomic E-state index is 10.6. The molecule has 0 saturated heterocycles. The molecule has 1 heterocycles. The van der Waals surface area contributed by atoms with Crippen LogP contribution in [0.25, 0.3) is 0 Å². The third kappa shape index (κ3) is 2.80. The van der Waals surface area contributed by atoms with Crippen molar-refractivity contribution in [2.45, 2.75) is 13.0 Å². The van der Waals surface area contributed by atoms with E-state index in [0.717, 1.165) is 5.69 Å². The second kappa shape index (κ2) is 5.37. The van der Waals surface area contributed by atoms with Gasteiger partial charge in [0.15, 0.2) is 0 Å². The maximum atomic E-state index is 10.6. The lowest BCUT2D eigenvalue weighted by Crippen LogP contribution is -2.05. The van der Waals surface area contributed by atoms with Crippen molar-refractivity contribution in [3.63, 3.8) is 0 Å². The molecule has 0 fully saturated rings. The van der Waals surface area contributed by atoms with Crippen LogP contribution in [0.15, 0.2) is 35.0 Å². The van der Waals surface area contributed by atoms with Crippen LogP contribution in [0, 0.1) is 10.1 Å².